The molecule has 2 heterocycles. The van der Waals surface area contributed by atoms with Crippen LogP contribution in [0.1, 0.15) is 0 Å². The van der Waals surface area contributed by atoms with Crippen LogP contribution in [0, 0.1) is 0 Å². The predicted octanol–water partition coefficient (Wildman–Crippen LogP) is -3.12. The summed E-state index contributed by atoms with van der Waals surface area (Å²) in [6.07, 6.45) is 0. The number of hydrogen-bond donors (Lipinski definition) is 2. The standard InChI is InChI=1S/C8H9N3O2.ClH/c1-13-7-3-2-5-8(11-7)9-4-6(12)10-5;/h2-3H,4H2,1H3,(H,9,11)(H,10,12);1H. The minimum Gasteiger partial charge on any atom is -1.00 e. The minimum atomic E-state index is -0.0360. The van der Waals surface area contributed by atoms with Crippen molar-refractivity contribution in [3.05, 3.63) is 12.1 Å². The molecule has 0 radical (unpaired) electrons. The zero-order valence-corrected chi connectivity index (χ0v) is 8.31. The van der Waals surface area contributed by atoms with E-state index >= 15 is 0 Å². The molecule has 0 saturated heterocycles. The van der Waals surface area contributed by atoms with Gasteiger partial charge in [0, 0.05) is 6.07 Å². The first kappa shape index (κ1) is 10.6. The van der Waals surface area contributed by atoms with Gasteiger partial charge in [0.15, 0.2) is 6.54 Å². The number of amides is 1. The number of ether oxygens (including phenoxy) is 1. The second-order valence-corrected chi connectivity index (χ2v) is 2.72. The van der Waals surface area contributed by atoms with Gasteiger partial charge in [0.25, 0.3) is 17.6 Å². The number of pyridine rings is 1. The van der Waals surface area contributed by atoms with E-state index in [-0.39, 0.29) is 24.9 Å². The molecule has 0 saturated carbocycles. The molecule has 0 unspecified atom stereocenters. The van der Waals surface area contributed by atoms with Gasteiger partial charge in [0.1, 0.15) is 5.69 Å². The van der Waals surface area contributed by atoms with Crippen LogP contribution in [0.15, 0.2) is 12.1 Å². The van der Waals surface area contributed by atoms with Gasteiger partial charge in [-0.15, -0.1) is 0 Å². The third-order valence-corrected chi connectivity index (χ3v) is 1.84. The normalized spacial score (nSPS) is 13.1. The average Bonchev–Trinajstić information content (AvgIpc) is 2.17. The quantitative estimate of drug-likeness (QED) is 0.521. The van der Waals surface area contributed by atoms with Gasteiger partial charge in [-0.3, -0.25) is 10.1 Å². The highest BCUT2D eigenvalue weighted by Crippen LogP contribution is 2.20. The molecule has 0 aromatic carbocycles. The van der Waals surface area contributed by atoms with E-state index in [1.807, 2.05) is 0 Å². The molecule has 0 spiro atoms. The lowest BCUT2D eigenvalue weighted by atomic mass is 10.3. The van der Waals surface area contributed by atoms with Crippen molar-refractivity contribution in [2.75, 3.05) is 24.3 Å². The highest BCUT2D eigenvalue weighted by Gasteiger charge is 2.20. The topological polar surface area (TPSA) is 64.5 Å². The molecule has 5 nitrogen and oxygen atoms in total. The number of halogens is 1. The van der Waals surface area contributed by atoms with Gasteiger partial charge in [0.2, 0.25) is 0 Å². The molecule has 76 valence electrons. The van der Waals surface area contributed by atoms with Crippen LogP contribution in [-0.2, 0) is 4.79 Å². The Kier molecular flexibility index (Phi) is 3.14. The molecule has 1 aliphatic heterocycles. The predicted molar refractivity (Wildman–Crippen MR) is 46.7 cm³/mol. The Labute approximate surface area is 87.3 Å². The van der Waals surface area contributed by atoms with Crippen molar-refractivity contribution in [1.82, 2.24) is 0 Å². The van der Waals surface area contributed by atoms with Crippen molar-refractivity contribution in [2.24, 2.45) is 0 Å². The fourth-order valence-corrected chi connectivity index (χ4v) is 1.20. The lowest BCUT2D eigenvalue weighted by Gasteiger charge is -2.12. The molecule has 3 N–H and O–H groups in total. The third kappa shape index (κ3) is 1.88. The van der Waals surface area contributed by atoms with E-state index in [0.29, 0.717) is 5.88 Å². The minimum absolute atomic E-state index is 0. The Morgan fingerprint density at radius 1 is 1.50 bits per heavy atom. The van der Waals surface area contributed by atoms with Crippen molar-refractivity contribution in [3.63, 3.8) is 0 Å². The van der Waals surface area contributed by atoms with Gasteiger partial charge in [-0.1, -0.05) is 0 Å². The Morgan fingerprint density at radius 2 is 2.29 bits per heavy atom. The summed E-state index contributed by atoms with van der Waals surface area (Å²) in [7, 11) is 1.58. The van der Waals surface area contributed by atoms with Crippen LogP contribution in [0.3, 0.4) is 0 Å². The summed E-state index contributed by atoms with van der Waals surface area (Å²) in [5, 5.41) is 5.66. The monoisotopic (exact) mass is 215 g/mol. The summed E-state index contributed by atoms with van der Waals surface area (Å²) in [6.45, 7) is 0.288. The van der Waals surface area contributed by atoms with Crippen LogP contribution in [0.25, 0.3) is 0 Å². The summed E-state index contributed by atoms with van der Waals surface area (Å²) in [5.74, 6) is 1.40. The van der Waals surface area contributed by atoms with Gasteiger partial charge in [-0.25, -0.2) is 4.98 Å². The van der Waals surface area contributed by atoms with Crippen LogP contribution < -0.4 is 32.8 Å². The number of methoxy groups -OCH3 is 1. The van der Waals surface area contributed by atoms with Crippen molar-refractivity contribution < 1.29 is 26.9 Å². The van der Waals surface area contributed by atoms with Crippen LogP contribution >= 0.6 is 0 Å². The first-order valence-electron chi connectivity index (χ1n) is 3.93. The molecule has 2 rings (SSSR count). The zero-order chi connectivity index (χ0) is 9.26. The second kappa shape index (κ2) is 4.15. The summed E-state index contributed by atoms with van der Waals surface area (Å²) >= 11 is 0. The molecule has 6 heteroatoms. The van der Waals surface area contributed by atoms with Crippen LogP contribution in [0.4, 0.5) is 11.5 Å². The van der Waals surface area contributed by atoms with E-state index in [1.54, 1.807) is 19.2 Å². The van der Waals surface area contributed by atoms with E-state index < -0.39 is 0 Å². The highest BCUT2D eigenvalue weighted by atomic mass is 35.5. The maximum atomic E-state index is 11.0. The smallest absolute Gasteiger partial charge is 0.299 e. The highest BCUT2D eigenvalue weighted by molar-refractivity contribution is 5.98. The lowest BCUT2D eigenvalue weighted by molar-refractivity contribution is -0.376. The summed E-state index contributed by atoms with van der Waals surface area (Å²) < 4.78 is 5.00. The Balaban J connectivity index is 0.000000980. The van der Waals surface area contributed by atoms with Gasteiger partial charge >= 0.3 is 0 Å². The van der Waals surface area contributed by atoms with Gasteiger partial charge in [-0.05, 0) is 6.07 Å². The number of fused-ring (bicyclic) bond motifs is 1. The SMILES string of the molecule is COc1ccc2c([nH+]1)NCC(=O)N2.[Cl-]. The number of aromatic amines is 1. The fraction of sp³-hybridized carbons (Fsp3) is 0.250. The number of nitrogens with one attached hydrogen (secondary N) is 3. The largest absolute Gasteiger partial charge is 1.00 e. The number of rotatable bonds is 1. The lowest BCUT2D eigenvalue weighted by Crippen LogP contribution is -3.00. The third-order valence-electron chi connectivity index (χ3n) is 1.84. The maximum Gasteiger partial charge on any atom is 0.299 e. The molecule has 1 aromatic rings. The summed E-state index contributed by atoms with van der Waals surface area (Å²) in [6, 6.07) is 3.54. The van der Waals surface area contributed by atoms with E-state index in [1.165, 1.54) is 0 Å². The second-order valence-electron chi connectivity index (χ2n) is 2.72. The van der Waals surface area contributed by atoms with Crippen molar-refractivity contribution >= 4 is 17.4 Å². The maximum absolute atomic E-state index is 11.0. The van der Waals surface area contributed by atoms with E-state index in [4.69, 9.17) is 4.74 Å². The summed E-state index contributed by atoms with van der Waals surface area (Å²) in [5.41, 5.74) is 0.747. The molecule has 0 bridgehead atoms. The van der Waals surface area contributed by atoms with E-state index in [9.17, 15) is 4.79 Å². The molecule has 1 amide bonds. The fourth-order valence-electron chi connectivity index (χ4n) is 1.20. The van der Waals surface area contributed by atoms with Crippen molar-refractivity contribution in [1.29, 1.82) is 0 Å². The number of hydrogen-bond acceptors (Lipinski definition) is 3. The first-order chi connectivity index (χ1) is 6.29. The van der Waals surface area contributed by atoms with Crippen LogP contribution in [-0.4, -0.2) is 19.6 Å². The average molecular weight is 216 g/mol. The molecule has 1 aromatic heterocycles. The van der Waals surface area contributed by atoms with Gasteiger partial charge in [-0.2, -0.15) is 0 Å². The summed E-state index contributed by atoms with van der Waals surface area (Å²) in [4.78, 5) is 13.9. The van der Waals surface area contributed by atoms with Crippen LogP contribution in [0.5, 0.6) is 5.88 Å². The first-order valence-corrected chi connectivity index (χ1v) is 3.93. The van der Waals surface area contributed by atoms with E-state index in [2.05, 4.69) is 15.6 Å². The molecular formula is C8H10ClN3O2. The Bertz CT molecular complexity index is 356. The number of anilines is 2. The van der Waals surface area contributed by atoms with Gasteiger partial charge in [0.05, 0.1) is 7.11 Å². The van der Waals surface area contributed by atoms with Crippen molar-refractivity contribution in [3.8, 4) is 5.88 Å². The number of H-pyrrole nitrogens is 1. The Hall–Kier alpha value is -1.49. The molecule has 1 aliphatic rings. The van der Waals surface area contributed by atoms with Gasteiger partial charge < -0.3 is 22.5 Å². The molecule has 0 fully saturated rings. The van der Waals surface area contributed by atoms with Crippen molar-refractivity contribution in [2.45, 2.75) is 0 Å². The molecule has 14 heavy (non-hydrogen) atoms. The van der Waals surface area contributed by atoms with E-state index in [0.717, 1.165) is 11.5 Å². The zero-order valence-electron chi connectivity index (χ0n) is 7.56. The molecule has 0 atom stereocenters. The molecule has 0 aliphatic carbocycles. The number of carbonyl (C=O) groups is 1. The Morgan fingerprint density at radius 3 is 3.00 bits per heavy atom. The number of aromatic nitrogens is 1. The molecular weight excluding hydrogens is 206 g/mol. The number of carbonyl (C=O) groups excluding carboxylic acids is 1. The van der Waals surface area contributed by atoms with Crippen LogP contribution in [0.2, 0.25) is 0 Å².